The molecule has 0 radical (unpaired) electrons. The zero-order valence-corrected chi connectivity index (χ0v) is 13.2. The maximum Gasteiger partial charge on any atom is 0.135 e. The van der Waals surface area contributed by atoms with Crippen LogP contribution in [0.1, 0.15) is 72.1 Å². The van der Waals surface area contributed by atoms with E-state index in [1.54, 1.807) is 0 Å². The lowest BCUT2D eigenvalue weighted by Gasteiger charge is -2.28. The third-order valence-electron chi connectivity index (χ3n) is 5.06. The van der Waals surface area contributed by atoms with Gasteiger partial charge in [-0.2, -0.15) is 0 Å². The molecule has 0 aromatic rings. The molecule has 3 unspecified atom stereocenters. The van der Waals surface area contributed by atoms with Crippen LogP contribution in [0.4, 0.5) is 0 Å². The van der Waals surface area contributed by atoms with Gasteiger partial charge >= 0.3 is 0 Å². The summed E-state index contributed by atoms with van der Waals surface area (Å²) in [5.41, 5.74) is 5.67. The van der Waals surface area contributed by atoms with Gasteiger partial charge < -0.3 is 5.73 Å². The number of carbonyl (C=O) groups is 1. The van der Waals surface area contributed by atoms with Crippen LogP contribution in [0, 0.1) is 23.7 Å². The molecule has 1 rings (SSSR count). The highest BCUT2D eigenvalue weighted by Crippen LogP contribution is 2.33. The highest BCUT2D eigenvalue weighted by atomic mass is 16.1. The van der Waals surface area contributed by atoms with Crippen molar-refractivity contribution in [1.29, 1.82) is 0 Å². The van der Waals surface area contributed by atoms with Gasteiger partial charge in [0, 0.05) is 12.3 Å². The minimum absolute atomic E-state index is 0.365. The molecule has 2 N–H and O–H groups in total. The van der Waals surface area contributed by atoms with Gasteiger partial charge in [0.15, 0.2) is 0 Å². The summed E-state index contributed by atoms with van der Waals surface area (Å²) in [5, 5.41) is 0. The summed E-state index contributed by atoms with van der Waals surface area (Å²) in [7, 11) is 0. The van der Waals surface area contributed by atoms with Crippen molar-refractivity contribution in [3.05, 3.63) is 0 Å². The molecule has 0 heterocycles. The molecule has 1 aliphatic rings. The van der Waals surface area contributed by atoms with E-state index in [2.05, 4.69) is 20.8 Å². The highest BCUT2D eigenvalue weighted by Gasteiger charge is 2.26. The maximum atomic E-state index is 12.4. The zero-order chi connectivity index (χ0) is 14.3. The van der Waals surface area contributed by atoms with Gasteiger partial charge in [0.25, 0.3) is 0 Å². The molecule has 0 amide bonds. The van der Waals surface area contributed by atoms with E-state index in [-0.39, 0.29) is 0 Å². The van der Waals surface area contributed by atoms with Crippen LogP contribution < -0.4 is 5.73 Å². The van der Waals surface area contributed by atoms with Crippen LogP contribution in [0.15, 0.2) is 0 Å². The number of hydrogen-bond donors (Lipinski definition) is 1. The standard InChI is InChI=1S/C17H33NO/c1-4-14-6-5-7-16(12-14)17(19)9-8-15(10-11-18)13(2)3/h13-16H,4-12,18H2,1-3H3. The van der Waals surface area contributed by atoms with Crippen molar-refractivity contribution >= 4 is 5.78 Å². The van der Waals surface area contributed by atoms with E-state index >= 15 is 0 Å². The van der Waals surface area contributed by atoms with E-state index in [1.807, 2.05) is 0 Å². The summed E-state index contributed by atoms with van der Waals surface area (Å²) in [6, 6.07) is 0. The second-order valence-electron chi connectivity index (χ2n) is 6.72. The molecule has 112 valence electrons. The molecule has 0 saturated heterocycles. The summed E-state index contributed by atoms with van der Waals surface area (Å²) in [6.45, 7) is 7.50. The second-order valence-corrected chi connectivity index (χ2v) is 6.72. The van der Waals surface area contributed by atoms with Gasteiger partial charge in [0.05, 0.1) is 0 Å². The van der Waals surface area contributed by atoms with Crippen molar-refractivity contribution in [2.24, 2.45) is 29.4 Å². The van der Waals surface area contributed by atoms with Gasteiger partial charge in [0.2, 0.25) is 0 Å². The minimum atomic E-state index is 0.365. The Bertz CT molecular complexity index is 262. The summed E-state index contributed by atoms with van der Waals surface area (Å²) >= 11 is 0. The van der Waals surface area contributed by atoms with Crippen LogP contribution in [0.2, 0.25) is 0 Å². The molecule has 2 nitrogen and oxygen atoms in total. The Balaban J connectivity index is 2.37. The van der Waals surface area contributed by atoms with Crippen LogP contribution in [-0.2, 0) is 4.79 Å². The summed E-state index contributed by atoms with van der Waals surface area (Å²) in [5.74, 6) is 2.96. The number of ketones is 1. The van der Waals surface area contributed by atoms with Crippen LogP contribution in [0.3, 0.4) is 0 Å². The van der Waals surface area contributed by atoms with E-state index in [0.29, 0.717) is 23.5 Å². The molecule has 0 spiro atoms. The Morgan fingerprint density at radius 3 is 2.58 bits per heavy atom. The first-order valence-electron chi connectivity index (χ1n) is 8.31. The first-order valence-corrected chi connectivity index (χ1v) is 8.31. The fourth-order valence-corrected chi connectivity index (χ4v) is 3.51. The van der Waals surface area contributed by atoms with Crippen molar-refractivity contribution in [3.8, 4) is 0 Å². The lowest BCUT2D eigenvalue weighted by molar-refractivity contribution is -0.124. The third kappa shape index (κ3) is 5.64. The van der Waals surface area contributed by atoms with E-state index < -0.39 is 0 Å². The lowest BCUT2D eigenvalue weighted by Crippen LogP contribution is -2.24. The van der Waals surface area contributed by atoms with E-state index in [4.69, 9.17) is 5.73 Å². The Labute approximate surface area is 119 Å². The Hall–Kier alpha value is -0.370. The molecule has 1 fully saturated rings. The molecule has 0 aromatic carbocycles. The number of carbonyl (C=O) groups excluding carboxylic acids is 1. The fourth-order valence-electron chi connectivity index (χ4n) is 3.51. The van der Waals surface area contributed by atoms with Crippen LogP contribution in [0.25, 0.3) is 0 Å². The van der Waals surface area contributed by atoms with Gasteiger partial charge in [-0.25, -0.2) is 0 Å². The summed E-state index contributed by atoms with van der Waals surface area (Å²) < 4.78 is 0. The molecule has 3 atom stereocenters. The van der Waals surface area contributed by atoms with Crippen LogP contribution in [0.5, 0.6) is 0 Å². The fraction of sp³-hybridized carbons (Fsp3) is 0.941. The van der Waals surface area contributed by atoms with Crippen molar-refractivity contribution in [2.75, 3.05) is 6.54 Å². The predicted molar refractivity (Wildman–Crippen MR) is 82.0 cm³/mol. The molecule has 0 aliphatic heterocycles. The number of nitrogens with two attached hydrogens (primary N) is 1. The first kappa shape index (κ1) is 16.7. The molecule has 0 bridgehead atoms. The molecule has 1 aliphatic carbocycles. The van der Waals surface area contributed by atoms with E-state index in [9.17, 15) is 4.79 Å². The molecule has 1 saturated carbocycles. The quantitative estimate of drug-likeness (QED) is 0.717. The van der Waals surface area contributed by atoms with Crippen LogP contribution in [-0.4, -0.2) is 12.3 Å². The van der Waals surface area contributed by atoms with E-state index in [1.165, 1.54) is 19.3 Å². The smallest absolute Gasteiger partial charge is 0.135 e. The maximum absolute atomic E-state index is 12.4. The molecule has 19 heavy (non-hydrogen) atoms. The first-order chi connectivity index (χ1) is 9.08. The van der Waals surface area contributed by atoms with Crippen molar-refractivity contribution in [3.63, 3.8) is 0 Å². The van der Waals surface area contributed by atoms with Gasteiger partial charge in [-0.3, -0.25) is 4.79 Å². The van der Waals surface area contributed by atoms with Crippen molar-refractivity contribution < 1.29 is 4.79 Å². The van der Waals surface area contributed by atoms with Gasteiger partial charge in [0.1, 0.15) is 5.78 Å². The number of rotatable bonds is 8. The number of hydrogen-bond acceptors (Lipinski definition) is 2. The Morgan fingerprint density at radius 1 is 1.26 bits per heavy atom. The third-order valence-corrected chi connectivity index (χ3v) is 5.06. The Kier molecular flexibility index (Phi) is 7.67. The topological polar surface area (TPSA) is 43.1 Å². The predicted octanol–water partition coefficient (Wildman–Crippen LogP) is 4.17. The summed E-state index contributed by atoms with van der Waals surface area (Å²) in [6.07, 6.45) is 9.01. The van der Waals surface area contributed by atoms with Crippen molar-refractivity contribution in [2.45, 2.75) is 72.1 Å². The monoisotopic (exact) mass is 267 g/mol. The largest absolute Gasteiger partial charge is 0.330 e. The second kappa shape index (κ2) is 8.73. The normalized spacial score (nSPS) is 25.5. The molecule has 0 aromatic heterocycles. The van der Waals surface area contributed by atoms with Crippen molar-refractivity contribution in [1.82, 2.24) is 0 Å². The SMILES string of the molecule is CCC1CCCC(C(=O)CCC(CCN)C(C)C)C1. The molecular formula is C17H33NO. The molecule has 2 heteroatoms. The van der Waals surface area contributed by atoms with Crippen LogP contribution >= 0.6 is 0 Å². The highest BCUT2D eigenvalue weighted by molar-refractivity contribution is 5.81. The van der Waals surface area contributed by atoms with Gasteiger partial charge in [-0.05, 0) is 50.0 Å². The average molecular weight is 267 g/mol. The minimum Gasteiger partial charge on any atom is -0.330 e. The zero-order valence-electron chi connectivity index (χ0n) is 13.2. The summed E-state index contributed by atoms with van der Waals surface area (Å²) in [4.78, 5) is 12.4. The van der Waals surface area contributed by atoms with E-state index in [0.717, 1.165) is 44.6 Å². The lowest BCUT2D eigenvalue weighted by atomic mass is 9.76. The van der Waals surface area contributed by atoms with Gasteiger partial charge in [-0.15, -0.1) is 0 Å². The average Bonchev–Trinajstić information content (AvgIpc) is 2.42. The number of Topliss-reactive ketones (excluding diaryl/α,β-unsaturated/α-hetero) is 1. The Morgan fingerprint density at radius 2 is 2.00 bits per heavy atom. The van der Waals surface area contributed by atoms with Gasteiger partial charge in [-0.1, -0.05) is 40.0 Å². The molecular weight excluding hydrogens is 234 g/mol.